The summed E-state index contributed by atoms with van der Waals surface area (Å²) >= 11 is 5.83. The van der Waals surface area contributed by atoms with Crippen molar-refractivity contribution in [2.45, 2.75) is 0 Å². The highest BCUT2D eigenvalue weighted by Crippen LogP contribution is 2.29. The molecule has 0 heterocycles. The monoisotopic (exact) mass is 306 g/mol. The number of rotatable bonds is 4. The van der Waals surface area contributed by atoms with Crippen LogP contribution in [-0.4, -0.2) is 25.1 Å². The first-order valence-corrected chi connectivity index (χ1v) is 6.54. The van der Waals surface area contributed by atoms with E-state index in [1.165, 1.54) is 7.11 Å². The van der Waals surface area contributed by atoms with E-state index in [2.05, 4.69) is 0 Å². The summed E-state index contributed by atoms with van der Waals surface area (Å²) in [5, 5.41) is 1.69. The van der Waals surface area contributed by atoms with Crippen LogP contribution in [0.2, 0.25) is 5.02 Å². The maximum Gasteiger partial charge on any atom is 0.277 e. The zero-order chi connectivity index (χ0) is 15.4. The van der Waals surface area contributed by atoms with Crippen LogP contribution in [0.15, 0.2) is 42.5 Å². The van der Waals surface area contributed by atoms with Crippen molar-refractivity contribution in [1.29, 1.82) is 0 Å². The number of benzene rings is 2. The average Bonchev–Trinajstić information content (AvgIpc) is 2.49. The quantitative estimate of drug-likeness (QED) is 0.695. The minimum Gasteiger partial charge on any atom is -0.455 e. The molecule has 0 saturated heterocycles. The number of halogens is 1. The van der Waals surface area contributed by atoms with Gasteiger partial charge < -0.3 is 10.5 Å². The molecule has 0 saturated carbocycles. The molecule has 0 aliphatic carbocycles. The molecule has 0 radical (unpaired) electrons. The molecule has 5 nitrogen and oxygen atoms in total. The first-order valence-electron chi connectivity index (χ1n) is 6.16. The maximum atomic E-state index is 11.9. The fraction of sp³-hybridized carbons (Fsp3) is 0.133. The third-order valence-corrected chi connectivity index (χ3v) is 3.10. The van der Waals surface area contributed by atoms with E-state index < -0.39 is 0 Å². The number of hydrogen-bond acceptors (Lipinski definition) is 4. The predicted molar refractivity (Wildman–Crippen MR) is 81.5 cm³/mol. The molecule has 110 valence electrons. The van der Waals surface area contributed by atoms with E-state index in [9.17, 15) is 4.79 Å². The molecule has 0 aliphatic rings. The number of ether oxygens (including phenoxy) is 1. The predicted octanol–water partition coefficient (Wildman–Crippen LogP) is 3.35. The highest BCUT2D eigenvalue weighted by Gasteiger charge is 2.11. The van der Waals surface area contributed by atoms with Crippen LogP contribution in [0.5, 0.6) is 11.5 Å². The van der Waals surface area contributed by atoms with Crippen LogP contribution < -0.4 is 10.5 Å². The number of nitrogen functional groups attached to an aromatic ring is 1. The fourth-order valence-corrected chi connectivity index (χ4v) is 1.85. The van der Waals surface area contributed by atoms with Gasteiger partial charge in [0, 0.05) is 17.6 Å². The maximum absolute atomic E-state index is 11.9. The van der Waals surface area contributed by atoms with Crippen LogP contribution in [0.3, 0.4) is 0 Å². The molecule has 2 N–H and O–H groups in total. The summed E-state index contributed by atoms with van der Waals surface area (Å²) in [4.78, 5) is 16.7. The van der Waals surface area contributed by atoms with Crippen LogP contribution in [0, 0.1) is 0 Å². The summed E-state index contributed by atoms with van der Waals surface area (Å²) in [7, 11) is 2.97. The molecular weight excluding hydrogens is 292 g/mol. The van der Waals surface area contributed by atoms with Gasteiger partial charge >= 0.3 is 0 Å². The van der Waals surface area contributed by atoms with Crippen molar-refractivity contribution in [2.75, 3.05) is 19.9 Å². The summed E-state index contributed by atoms with van der Waals surface area (Å²) < 4.78 is 5.65. The second-order valence-electron chi connectivity index (χ2n) is 4.29. The third kappa shape index (κ3) is 3.65. The van der Waals surface area contributed by atoms with Gasteiger partial charge in [-0.25, -0.2) is 5.06 Å². The SMILES string of the molecule is CON(C)C(=O)c1ccc(Oc2ccc(Cl)cc2N)cc1. The van der Waals surface area contributed by atoms with Crippen molar-refractivity contribution in [3.63, 3.8) is 0 Å². The van der Waals surface area contributed by atoms with Gasteiger partial charge in [0.1, 0.15) is 11.5 Å². The molecule has 0 bridgehead atoms. The smallest absolute Gasteiger partial charge is 0.277 e. The Morgan fingerprint density at radius 2 is 1.86 bits per heavy atom. The summed E-state index contributed by atoms with van der Waals surface area (Å²) in [6.45, 7) is 0. The van der Waals surface area contributed by atoms with Crippen molar-refractivity contribution in [1.82, 2.24) is 5.06 Å². The Morgan fingerprint density at radius 3 is 2.43 bits per heavy atom. The Labute approximate surface area is 127 Å². The number of amides is 1. The zero-order valence-corrected chi connectivity index (χ0v) is 12.4. The Hall–Kier alpha value is -2.24. The Morgan fingerprint density at radius 1 is 1.19 bits per heavy atom. The van der Waals surface area contributed by atoms with Gasteiger partial charge in [0.25, 0.3) is 5.91 Å². The topological polar surface area (TPSA) is 64.8 Å². The second-order valence-corrected chi connectivity index (χ2v) is 4.73. The van der Waals surface area contributed by atoms with E-state index >= 15 is 0 Å². The lowest BCUT2D eigenvalue weighted by atomic mass is 10.2. The van der Waals surface area contributed by atoms with Crippen molar-refractivity contribution in [3.8, 4) is 11.5 Å². The lowest BCUT2D eigenvalue weighted by Gasteiger charge is -2.14. The Bertz CT molecular complexity index is 644. The van der Waals surface area contributed by atoms with E-state index in [0.29, 0.717) is 27.8 Å². The molecule has 2 aromatic rings. The molecule has 2 rings (SSSR count). The average molecular weight is 307 g/mol. The van der Waals surface area contributed by atoms with Gasteiger partial charge in [-0.3, -0.25) is 9.63 Å². The van der Waals surface area contributed by atoms with Crippen molar-refractivity contribution in [2.24, 2.45) is 0 Å². The number of nitrogens with zero attached hydrogens (tertiary/aromatic N) is 1. The van der Waals surface area contributed by atoms with E-state index in [-0.39, 0.29) is 5.91 Å². The van der Waals surface area contributed by atoms with Crippen molar-refractivity contribution < 1.29 is 14.4 Å². The van der Waals surface area contributed by atoms with Gasteiger partial charge in [0.05, 0.1) is 12.8 Å². The van der Waals surface area contributed by atoms with Crippen LogP contribution in [-0.2, 0) is 4.84 Å². The van der Waals surface area contributed by atoms with E-state index in [1.54, 1.807) is 49.5 Å². The minimum atomic E-state index is -0.241. The molecular formula is C15H15ClN2O3. The molecule has 0 unspecified atom stereocenters. The molecule has 0 spiro atoms. The van der Waals surface area contributed by atoms with Crippen molar-refractivity contribution in [3.05, 3.63) is 53.1 Å². The van der Waals surface area contributed by atoms with Gasteiger partial charge in [-0.2, -0.15) is 0 Å². The van der Waals surface area contributed by atoms with E-state index in [0.717, 1.165) is 5.06 Å². The van der Waals surface area contributed by atoms with E-state index in [4.69, 9.17) is 26.9 Å². The highest BCUT2D eigenvalue weighted by atomic mass is 35.5. The number of hydrogen-bond donors (Lipinski definition) is 1. The Balaban J connectivity index is 2.14. The molecule has 1 amide bonds. The van der Waals surface area contributed by atoms with Crippen molar-refractivity contribution >= 4 is 23.2 Å². The van der Waals surface area contributed by atoms with Crippen LogP contribution in [0.1, 0.15) is 10.4 Å². The van der Waals surface area contributed by atoms with Crippen LogP contribution in [0.25, 0.3) is 0 Å². The highest BCUT2D eigenvalue weighted by molar-refractivity contribution is 6.30. The lowest BCUT2D eigenvalue weighted by molar-refractivity contribution is -0.0757. The zero-order valence-electron chi connectivity index (χ0n) is 11.7. The number of anilines is 1. The number of carbonyl (C=O) groups excluding carboxylic acids is 1. The third-order valence-electron chi connectivity index (χ3n) is 2.86. The van der Waals surface area contributed by atoms with Gasteiger partial charge in [-0.05, 0) is 42.5 Å². The summed E-state index contributed by atoms with van der Waals surface area (Å²) in [6, 6.07) is 11.7. The standard InChI is InChI=1S/C15H15ClN2O3/c1-18(20-2)15(19)10-3-6-12(7-4-10)21-14-8-5-11(16)9-13(14)17/h3-9H,17H2,1-2H3. The van der Waals surface area contributed by atoms with Gasteiger partial charge in [-0.1, -0.05) is 11.6 Å². The summed E-state index contributed by atoms with van der Waals surface area (Å²) in [5.74, 6) is 0.836. The number of nitrogens with two attached hydrogens (primary N) is 1. The summed E-state index contributed by atoms with van der Waals surface area (Å²) in [5.41, 5.74) is 6.76. The number of hydroxylamine groups is 2. The molecule has 0 aromatic heterocycles. The lowest BCUT2D eigenvalue weighted by Crippen LogP contribution is -2.25. The molecule has 21 heavy (non-hydrogen) atoms. The molecule has 2 aromatic carbocycles. The van der Waals surface area contributed by atoms with Gasteiger partial charge in [-0.15, -0.1) is 0 Å². The molecule has 6 heteroatoms. The van der Waals surface area contributed by atoms with Gasteiger partial charge in [0.15, 0.2) is 0 Å². The minimum absolute atomic E-state index is 0.241. The first kappa shape index (κ1) is 15.2. The van der Waals surface area contributed by atoms with Gasteiger partial charge in [0.2, 0.25) is 0 Å². The van der Waals surface area contributed by atoms with Crippen LogP contribution in [0.4, 0.5) is 5.69 Å². The Kier molecular flexibility index (Phi) is 4.67. The second kappa shape index (κ2) is 6.47. The molecule has 0 aliphatic heterocycles. The largest absolute Gasteiger partial charge is 0.455 e. The molecule has 0 fully saturated rings. The van der Waals surface area contributed by atoms with E-state index in [1.807, 2.05) is 0 Å². The first-order chi connectivity index (χ1) is 10.0. The van der Waals surface area contributed by atoms with Crippen LogP contribution >= 0.6 is 11.6 Å². The molecule has 0 atom stereocenters. The summed E-state index contributed by atoms with van der Waals surface area (Å²) in [6.07, 6.45) is 0. The fourth-order valence-electron chi connectivity index (χ4n) is 1.67. The normalized spacial score (nSPS) is 10.2. The number of carbonyl (C=O) groups is 1.